The maximum absolute atomic E-state index is 12.6. The highest BCUT2D eigenvalue weighted by Gasteiger charge is 2.17. The summed E-state index contributed by atoms with van der Waals surface area (Å²) in [5, 5.41) is 1.19. The Morgan fingerprint density at radius 1 is 1.14 bits per heavy atom. The Morgan fingerprint density at radius 2 is 1.86 bits per heavy atom. The number of ether oxygens (including phenoxy) is 1. The second-order valence-electron chi connectivity index (χ2n) is 5.56. The molecule has 3 aromatic rings. The van der Waals surface area contributed by atoms with Gasteiger partial charge in [-0.05, 0) is 42.3 Å². The quantitative estimate of drug-likeness (QED) is 0.715. The summed E-state index contributed by atoms with van der Waals surface area (Å²) in [6, 6.07) is 15.5. The van der Waals surface area contributed by atoms with E-state index in [9.17, 15) is 4.79 Å². The van der Waals surface area contributed by atoms with Crippen molar-refractivity contribution in [3.63, 3.8) is 0 Å². The lowest BCUT2D eigenvalue weighted by Crippen LogP contribution is -2.13. The smallest absolute Gasteiger partial charge is 0.166 e. The van der Waals surface area contributed by atoms with Crippen molar-refractivity contribution < 1.29 is 9.53 Å². The van der Waals surface area contributed by atoms with E-state index in [0.717, 1.165) is 23.3 Å². The summed E-state index contributed by atoms with van der Waals surface area (Å²) in [6.45, 7) is 1.98. The molecule has 0 radical (unpaired) electrons. The zero-order chi connectivity index (χ0) is 15.5. The number of benzene rings is 2. The Hall–Kier alpha value is -2.55. The van der Waals surface area contributed by atoms with Crippen molar-refractivity contribution in [2.45, 2.75) is 13.3 Å². The molecule has 0 fully saturated rings. The summed E-state index contributed by atoms with van der Waals surface area (Å²) in [6.07, 6.45) is 2.73. The number of carbonyl (C=O) groups excluding carboxylic acids is 1. The number of carbonyl (C=O) groups is 1. The molecule has 0 aliphatic heterocycles. The molecular weight excluding hydrogens is 274 g/mol. The van der Waals surface area contributed by atoms with Crippen molar-refractivity contribution >= 4 is 16.7 Å². The summed E-state index contributed by atoms with van der Waals surface area (Å²) in [5.41, 5.74) is 3.03. The normalized spacial score (nSPS) is 12.3. The van der Waals surface area contributed by atoms with Crippen molar-refractivity contribution in [2.75, 3.05) is 7.11 Å². The van der Waals surface area contributed by atoms with E-state index < -0.39 is 0 Å². The first kappa shape index (κ1) is 14.4. The number of para-hydroxylation sites is 1. The molecule has 22 heavy (non-hydrogen) atoms. The van der Waals surface area contributed by atoms with Gasteiger partial charge >= 0.3 is 0 Å². The van der Waals surface area contributed by atoms with Crippen LogP contribution < -0.4 is 4.74 Å². The van der Waals surface area contributed by atoms with Crippen LogP contribution in [0.25, 0.3) is 10.9 Å². The molecule has 1 heterocycles. The standard InChI is InChI=1S/C19H19NO2/c1-13(19(21)14-7-9-16(22-2)10-8-14)11-15-12-20-18-6-4-3-5-17(15)18/h3-10,12-13,20H,11H2,1-2H3/t13-/m0/s1. The fraction of sp³-hybridized carbons (Fsp3) is 0.211. The van der Waals surface area contributed by atoms with Gasteiger partial charge in [-0.3, -0.25) is 4.79 Å². The second kappa shape index (κ2) is 6.06. The van der Waals surface area contributed by atoms with Crippen molar-refractivity contribution in [2.24, 2.45) is 5.92 Å². The number of aromatic amines is 1. The molecule has 3 nitrogen and oxygen atoms in total. The van der Waals surface area contributed by atoms with E-state index in [1.165, 1.54) is 10.9 Å². The van der Waals surface area contributed by atoms with E-state index in [2.05, 4.69) is 17.1 Å². The summed E-state index contributed by atoms with van der Waals surface area (Å²) in [5.74, 6) is 0.862. The average Bonchev–Trinajstić information content (AvgIpc) is 2.97. The average molecular weight is 293 g/mol. The zero-order valence-electron chi connectivity index (χ0n) is 12.8. The van der Waals surface area contributed by atoms with Crippen LogP contribution in [0.4, 0.5) is 0 Å². The third kappa shape index (κ3) is 2.75. The van der Waals surface area contributed by atoms with Gasteiger partial charge in [-0.15, -0.1) is 0 Å². The van der Waals surface area contributed by atoms with Gasteiger partial charge < -0.3 is 9.72 Å². The number of nitrogens with one attached hydrogen (secondary N) is 1. The van der Waals surface area contributed by atoms with Crippen LogP contribution >= 0.6 is 0 Å². The number of methoxy groups -OCH3 is 1. The molecule has 0 unspecified atom stereocenters. The highest BCUT2D eigenvalue weighted by atomic mass is 16.5. The van der Waals surface area contributed by atoms with Crippen LogP contribution in [-0.2, 0) is 6.42 Å². The van der Waals surface area contributed by atoms with Gasteiger partial charge in [0.1, 0.15) is 5.75 Å². The van der Waals surface area contributed by atoms with E-state index in [1.807, 2.05) is 49.5 Å². The number of hydrogen-bond donors (Lipinski definition) is 1. The number of hydrogen-bond acceptors (Lipinski definition) is 2. The van der Waals surface area contributed by atoms with Crippen molar-refractivity contribution in [3.05, 3.63) is 65.9 Å². The number of H-pyrrole nitrogens is 1. The Kier molecular flexibility index (Phi) is 3.96. The van der Waals surface area contributed by atoms with Crippen LogP contribution in [0.1, 0.15) is 22.8 Å². The Morgan fingerprint density at radius 3 is 2.59 bits per heavy atom. The number of ketones is 1. The summed E-state index contributed by atoms with van der Waals surface area (Å²) in [4.78, 5) is 15.8. The Balaban J connectivity index is 1.78. The lowest BCUT2D eigenvalue weighted by Gasteiger charge is -2.10. The predicted octanol–water partition coefficient (Wildman–Crippen LogP) is 4.24. The fourth-order valence-electron chi connectivity index (χ4n) is 2.76. The molecule has 112 valence electrons. The molecule has 0 amide bonds. The summed E-state index contributed by atoms with van der Waals surface area (Å²) >= 11 is 0. The maximum atomic E-state index is 12.6. The second-order valence-corrected chi connectivity index (χ2v) is 5.56. The summed E-state index contributed by atoms with van der Waals surface area (Å²) in [7, 11) is 1.62. The van der Waals surface area contributed by atoms with Crippen molar-refractivity contribution in [3.8, 4) is 5.75 Å². The van der Waals surface area contributed by atoms with E-state index in [1.54, 1.807) is 7.11 Å². The largest absolute Gasteiger partial charge is 0.497 e. The van der Waals surface area contributed by atoms with E-state index in [-0.39, 0.29) is 11.7 Å². The zero-order valence-corrected chi connectivity index (χ0v) is 12.8. The predicted molar refractivity (Wildman–Crippen MR) is 88.5 cm³/mol. The van der Waals surface area contributed by atoms with Crippen LogP contribution in [0, 0.1) is 5.92 Å². The van der Waals surface area contributed by atoms with Crippen LogP contribution in [0.2, 0.25) is 0 Å². The molecule has 0 aliphatic carbocycles. The van der Waals surface area contributed by atoms with Gasteiger partial charge in [0.2, 0.25) is 0 Å². The first-order valence-electron chi connectivity index (χ1n) is 7.42. The summed E-state index contributed by atoms with van der Waals surface area (Å²) < 4.78 is 5.13. The van der Waals surface area contributed by atoms with Gasteiger partial charge in [0, 0.05) is 28.6 Å². The molecular formula is C19H19NO2. The molecule has 0 saturated carbocycles. The highest BCUT2D eigenvalue weighted by Crippen LogP contribution is 2.23. The number of fused-ring (bicyclic) bond motifs is 1. The molecule has 2 aromatic carbocycles. The van der Waals surface area contributed by atoms with Gasteiger partial charge in [0.05, 0.1) is 7.11 Å². The molecule has 0 spiro atoms. The van der Waals surface area contributed by atoms with Gasteiger partial charge in [-0.1, -0.05) is 25.1 Å². The first-order valence-corrected chi connectivity index (χ1v) is 7.42. The molecule has 3 rings (SSSR count). The van der Waals surface area contributed by atoms with Crippen LogP contribution in [0.3, 0.4) is 0 Å². The fourth-order valence-corrected chi connectivity index (χ4v) is 2.76. The SMILES string of the molecule is COc1ccc(C(=O)[C@@H](C)Cc2c[nH]c3ccccc23)cc1. The maximum Gasteiger partial charge on any atom is 0.166 e. The van der Waals surface area contributed by atoms with Gasteiger partial charge in [-0.2, -0.15) is 0 Å². The number of rotatable bonds is 5. The molecule has 1 N–H and O–H groups in total. The minimum atomic E-state index is -0.0624. The Labute approximate surface area is 129 Å². The molecule has 0 aliphatic rings. The molecule has 1 aromatic heterocycles. The minimum Gasteiger partial charge on any atom is -0.497 e. The van der Waals surface area contributed by atoms with Crippen LogP contribution in [-0.4, -0.2) is 17.9 Å². The lowest BCUT2D eigenvalue weighted by atomic mass is 9.93. The van der Waals surface area contributed by atoms with Gasteiger partial charge in [-0.25, -0.2) is 0 Å². The van der Waals surface area contributed by atoms with Crippen molar-refractivity contribution in [1.82, 2.24) is 4.98 Å². The van der Waals surface area contributed by atoms with E-state index >= 15 is 0 Å². The monoisotopic (exact) mass is 293 g/mol. The van der Waals surface area contributed by atoms with E-state index in [0.29, 0.717) is 0 Å². The van der Waals surface area contributed by atoms with Crippen LogP contribution in [0.15, 0.2) is 54.7 Å². The van der Waals surface area contributed by atoms with Crippen LogP contribution in [0.5, 0.6) is 5.75 Å². The van der Waals surface area contributed by atoms with E-state index in [4.69, 9.17) is 4.74 Å². The third-order valence-corrected chi connectivity index (χ3v) is 4.02. The molecule has 0 bridgehead atoms. The molecule has 0 saturated heterocycles. The minimum absolute atomic E-state index is 0.0624. The number of Topliss-reactive ketones (excluding diaryl/α,β-unsaturated/α-hetero) is 1. The molecule has 1 atom stereocenters. The number of aromatic nitrogens is 1. The molecule has 3 heteroatoms. The Bertz CT molecular complexity index is 787. The highest BCUT2D eigenvalue weighted by molar-refractivity contribution is 5.98. The third-order valence-electron chi connectivity index (χ3n) is 4.02. The van der Waals surface area contributed by atoms with Gasteiger partial charge in [0.15, 0.2) is 5.78 Å². The topological polar surface area (TPSA) is 42.1 Å². The first-order chi connectivity index (χ1) is 10.7. The van der Waals surface area contributed by atoms with Gasteiger partial charge in [0.25, 0.3) is 0 Å². The lowest BCUT2D eigenvalue weighted by molar-refractivity contribution is 0.0929. The van der Waals surface area contributed by atoms with Crippen molar-refractivity contribution in [1.29, 1.82) is 0 Å².